The van der Waals surface area contributed by atoms with Gasteiger partial charge in [-0.05, 0) is 50.5 Å². The molecule has 1 amide bonds. The number of carbonyl (C=O) groups is 1. The number of nitrogens with zero attached hydrogens (tertiary/aromatic N) is 2. The molecule has 0 aromatic carbocycles. The number of ether oxygens (including phenoxy) is 1. The van der Waals surface area contributed by atoms with Crippen molar-refractivity contribution in [3.63, 3.8) is 0 Å². The molecule has 2 N–H and O–H groups in total. The van der Waals surface area contributed by atoms with Crippen LogP contribution in [-0.4, -0.2) is 73.2 Å². The van der Waals surface area contributed by atoms with E-state index < -0.39 is 0 Å². The monoisotopic (exact) mass is 498 g/mol. The fourth-order valence-electron chi connectivity index (χ4n) is 3.19. The summed E-state index contributed by atoms with van der Waals surface area (Å²) in [5.74, 6) is 3.14. The normalized spacial score (nSPS) is 23.7. The zero-order chi connectivity index (χ0) is 18.3. The fourth-order valence-corrected chi connectivity index (χ4v) is 4.43. The minimum Gasteiger partial charge on any atom is -0.375 e. The second-order valence-corrected chi connectivity index (χ2v) is 8.61. The van der Waals surface area contributed by atoms with Crippen molar-refractivity contribution in [2.75, 3.05) is 38.8 Å². The third-order valence-corrected chi connectivity index (χ3v) is 6.09. The smallest absolute Gasteiger partial charge is 0.243 e. The number of carbonyl (C=O) groups excluding carboxylic acids is 1. The van der Waals surface area contributed by atoms with Crippen LogP contribution < -0.4 is 10.6 Å². The highest BCUT2D eigenvalue weighted by Crippen LogP contribution is 2.37. The fraction of sp³-hybridized carbons (Fsp3) is 0.889. The summed E-state index contributed by atoms with van der Waals surface area (Å²) in [4.78, 5) is 18.0. The molecule has 6 nitrogen and oxygen atoms in total. The van der Waals surface area contributed by atoms with Crippen LogP contribution >= 0.6 is 35.7 Å². The van der Waals surface area contributed by atoms with E-state index in [0.29, 0.717) is 12.1 Å². The molecule has 2 fully saturated rings. The van der Waals surface area contributed by atoms with Gasteiger partial charge in [0.25, 0.3) is 0 Å². The van der Waals surface area contributed by atoms with Gasteiger partial charge in [-0.15, -0.1) is 24.0 Å². The van der Waals surface area contributed by atoms with Gasteiger partial charge in [0.05, 0.1) is 5.60 Å². The van der Waals surface area contributed by atoms with E-state index in [-0.39, 0.29) is 42.0 Å². The average molecular weight is 498 g/mol. The molecule has 0 saturated carbocycles. The van der Waals surface area contributed by atoms with Crippen LogP contribution in [0.4, 0.5) is 0 Å². The maximum atomic E-state index is 11.9. The molecule has 2 rings (SSSR count). The standard InChI is InChI=1S/C18H34N4O2S.HI/c1-5-14(2)20-17(19-13-16(23)22(3)4)21-15-6-9-24-18(12-15)7-10-25-11-8-18;/h14-15H,5-13H2,1-4H3,(H2,19,20,21);1H. The molecule has 2 unspecified atom stereocenters. The lowest BCUT2D eigenvalue weighted by molar-refractivity contribution is -0.127. The molecule has 2 saturated heterocycles. The number of likely N-dealkylation sites (N-methyl/N-ethyl adjacent to an activating group) is 1. The van der Waals surface area contributed by atoms with Crippen molar-refractivity contribution in [3.8, 4) is 0 Å². The van der Waals surface area contributed by atoms with E-state index >= 15 is 0 Å². The molecule has 2 atom stereocenters. The first-order valence-corrected chi connectivity index (χ1v) is 10.6. The lowest BCUT2D eigenvalue weighted by atomic mass is 9.85. The van der Waals surface area contributed by atoms with Gasteiger partial charge in [-0.1, -0.05) is 6.92 Å². The Kier molecular flexibility index (Phi) is 10.6. The molecule has 0 aliphatic carbocycles. The van der Waals surface area contributed by atoms with E-state index in [2.05, 4.69) is 29.5 Å². The summed E-state index contributed by atoms with van der Waals surface area (Å²) in [7, 11) is 3.52. The zero-order valence-electron chi connectivity index (χ0n) is 16.5. The number of rotatable bonds is 5. The van der Waals surface area contributed by atoms with Crippen molar-refractivity contribution in [2.45, 2.75) is 63.6 Å². The van der Waals surface area contributed by atoms with Gasteiger partial charge in [0.2, 0.25) is 5.91 Å². The molecule has 8 heteroatoms. The van der Waals surface area contributed by atoms with Crippen LogP contribution in [0.2, 0.25) is 0 Å². The Labute approximate surface area is 179 Å². The molecule has 152 valence electrons. The van der Waals surface area contributed by atoms with E-state index in [0.717, 1.165) is 44.7 Å². The average Bonchev–Trinajstić information content (AvgIpc) is 2.59. The number of guanidine groups is 1. The van der Waals surface area contributed by atoms with Crippen molar-refractivity contribution in [2.24, 2.45) is 4.99 Å². The van der Waals surface area contributed by atoms with E-state index in [1.165, 1.54) is 11.5 Å². The van der Waals surface area contributed by atoms with Crippen LogP contribution in [0.1, 0.15) is 46.0 Å². The van der Waals surface area contributed by atoms with Crippen LogP contribution in [0, 0.1) is 0 Å². The minimum atomic E-state index is 0. The number of amides is 1. The maximum absolute atomic E-state index is 11.9. The molecule has 0 radical (unpaired) electrons. The molecule has 0 bridgehead atoms. The van der Waals surface area contributed by atoms with Crippen LogP contribution in [-0.2, 0) is 9.53 Å². The van der Waals surface area contributed by atoms with E-state index in [1.54, 1.807) is 19.0 Å². The van der Waals surface area contributed by atoms with E-state index in [1.807, 2.05) is 11.8 Å². The summed E-state index contributed by atoms with van der Waals surface area (Å²) in [6, 6.07) is 0.669. The Bertz CT molecular complexity index is 465. The largest absolute Gasteiger partial charge is 0.375 e. The number of halogens is 1. The Morgan fingerprint density at radius 1 is 1.38 bits per heavy atom. The second-order valence-electron chi connectivity index (χ2n) is 7.38. The summed E-state index contributed by atoms with van der Waals surface area (Å²) in [5.41, 5.74) is 0.0438. The quantitative estimate of drug-likeness (QED) is 0.347. The molecule has 0 aromatic rings. The van der Waals surface area contributed by atoms with Gasteiger partial charge in [-0.3, -0.25) is 4.79 Å². The molecular formula is C18H35IN4O2S. The molecule has 26 heavy (non-hydrogen) atoms. The number of thioether (sulfide) groups is 1. The Balaban J connectivity index is 0.00000338. The first-order valence-electron chi connectivity index (χ1n) is 9.43. The van der Waals surface area contributed by atoms with Gasteiger partial charge < -0.3 is 20.3 Å². The molecule has 2 aliphatic rings. The summed E-state index contributed by atoms with van der Waals surface area (Å²) in [6.07, 6.45) is 5.30. The summed E-state index contributed by atoms with van der Waals surface area (Å²) in [5, 5.41) is 6.99. The molecule has 2 aliphatic heterocycles. The highest BCUT2D eigenvalue weighted by molar-refractivity contribution is 14.0. The highest BCUT2D eigenvalue weighted by atomic mass is 127. The third-order valence-electron chi connectivity index (χ3n) is 5.10. The first kappa shape index (κ1) is 23.8. The molecular weight excluding hydrogens is 463 g/mol. The predicted molar refractivity (Wildman–Crippen MR) is 121 cm³/mol. The molecule has 2 heterocycles. The molecule has 0 aromatic heterocycles. The SMILES string of the molecule is CCC(C)NC(=NCC(=O)N(C)C)NC1CCOC2(CCSCC2)C1.I. The topological polar surface area (TPSA) is 66.0 Å². The maximum Gasteiger partial charge on any atom is 0.243 e. The second kappa shape index (κ2) is 11.6. The van der Waals surface area contributed by atoms with Crippen molar-refractivity contribution in [1.29, 1.82) is 0 Å². The van der Waals surface area contributed by atoms with Gasteiger partial charge in [-0.25, -0.2) is 4.99 Å². The molecule has 1 spiro atoms. The van der Waals surface area contributed by atoms with E-state index in [4.69, 9.17) is 4.74 Å². The Morgan fingerprint density at radius 2 is 2.08 bits per heavy atom. The van der Waals surface area contributed by atoms with Crippen LogP contribution in [0.25, 0.3) is 0 Å². The number of aliphatic imine (C=N–C) groups is 1. The number of hydrogen-bond acceptors (Lipinski definition) is 4. The number of hydrogen-bond donors (Lipinski definition) is 2. The van der Waals surface area contributed by atoms with Crippen molar-refractivity contribution in [3.05, 3.63) is 0 Å². The zero-order valence-corrected chi connectivity index (χ0v) is 19.7. The van der Waals surface area contributed by atoms with Gasteiger partial charge in [-0.2, -0.15) is 11.8 Å². The lowest BCUT2D eigenvalue weighted by Crippen LogP contribution is -2.53. The van der Waals surface area contributed by atoms with Gasteiger partial charge in [0, 0.05) is 32.8 Å². The highest BCUT2D eigenvalue weighted by Gasteiger charge is 2.39. The predicted octanol–water partition coefficient (Wildman–Crippen LogP) is 2.47. The van der Waals surface area contributed by atoms with Gasteiger partial charge in [0.15, 0.2) is 5.96 Å². The Hall–Kier alpha value is -0.220. The van der Waals surface area contributed by atoms with Crippen LogP contribution in [0.15, 0.2) is 4.99 Å². The summed E-state index contributed by atoms with van der Waals surface area (Å²) < 4.78 is 6.18. The van der Waals surface area contributed by atoms with Crippen molar-refractivity contribution < 1.29 is 9.53 Å². The van der Waals surface area contributed by atoms with Crippen LogP contribution in [0.3, 0.4) is 0 Å². The third kappa shape index (κ3) is 7.42. The minimum absolute atomic E-state index is 0. The summed E-state index contributed by atoms with van der Waals surface area (Å²) in [6.45, 7) is 5.25. The van der Waals surface area contributed by atoms with Gasteiger partial charge >= 0.3 is 0 Å². The summed E-state index contributed by atoms with van der Waals surface area (Å²) >= 11 is 2.02. The van der Waals surface area contributed by atoms with Gasteiger partial charge in [0.1, 0.15) is 6.54 Å². The Morgan fingerprint density at radius 3 is 2.69 bits per heavy atom. The van der Waals surface area contributed by atoms with E-state index in [9.17, 15) is 4.79 Å². The van der Waals surface area contributed by atoms with Crippen LogP contribution in [0.5, 0.6) is 0 Å². The lowest BCUT2D eigenvalue weighted by Gasteiger charge is -2.43. The first-order chi connectivity index (χ1) is 11.9. The van der Waals surface area contributed by atoms with Crippen molar-refractivity contribution in [1.82, 2.24) is 15.5 Å². The number of nitrogens with one attached hydrogen (secondary N) is 2. The van der Waals surface area contributed by atoms with Crippen molar-refractivity contribution >= 4 is 47.6 Å².